The van der Waals surface area contributed by atoms with Gasteiger partial charge in [0, 0.05) is 17.5 Å². The third-order valence-corrected chi connectivity index (χ3v) is 3.20. The second-order valence-electron chi connectivity index (χ2n) is 4.10. The zero-order valence-corrected chi connectivity index (χ0v) is 11.1. The molecule has 0 aliphatic rings. The molecule has 2 aromatic heterocycles. The van der Waals surface area contributed by atoms with Crippen LogP contribution in [0.15, 0.2) is 18.3 Å². The lowest BCUT2D eigenvalue weighted by atomic mass is 10.2. The fourth-order valence-corrected chi connectivity index (χ4v) is 2.27. The number of hydrogen-bond donors (Lipinski definition) is 0. The molecule has 0 amide bonds. The zero-order chi connectivity index (χ0) is 13.1. The van der Waals surface area contributed by atoms with E-state index in [0.29, 0.717) is 18.1 Å². The highest BCUT2D eigenvalue weighted by atomic mass is 35.5. The maximum atomic E-state index is 8.82. The first-order valence-corrected chi connectivity index (χ1v) is 6.13. The molecule has 0 saturated carbocycles. The number of aryl methyl sites for hydroxylation is 1. The number of hydrogen-bond acceptors (Lipinski definition) is 3. The molecule has 2 heterocycles. The summed E-state index contributed by atoms with van der Waals surface area (Å²) in [6, 6.07) is 5.69. The van der Waals surface area contributed by atoms with Crippen molar-refractivity contribution < 1.29 is 0 Å². The maximum absolute atomic E-state index is 8.82. The van der Waals surface area contributed by atoms with Crippen LogP contribution < -0.4 is 0 Å². The van der Waals surface area contributed by atoms with Crippen molar-refractivity contribution in [1.82, 2.24) is 14.8 Å². The lowest BCUT2D eigenvalue weighted by molar-refractivity contribution is 0.657. The van der Waals surface area contributed by atoms with Crippen LogP contribution in [0.25, 0.3) is 0 Å². The van der Waals surface area contributed by atoms with Crippen LogP contribution in [0.3, 0.4) is 0 Å². The van der Waals surface area contributed by atoms with Crippen molar-refractivity contribution in [2.75, 3.05) is 0 Å². The molecule has 5 heteroatoms. The monoisotopic (exact) mass is 260 g/mol. The molecule has 0 unspecified atom stereocenters. The third-order valence-electron chi connectivity index (χ3n) is 2.94. The Labute approximate surface area is 111 Å². The van der Waals surface area contributed by atoms with E-state index in [1.165, 1.54) is 0 Å². The number of nitrogens with zero attached hydrogens (tertiary/aromatic N) is 4. The minimum Gasteiger partial charge on any atom is -0.265 e. The molecule has 2 aromatic rings. The van der Waals surface area contributed by atoms with Crippen LogP contribution >= 0.6 is 11.6 Å². The quantitative estimate of drug-likeness (QED) is 0.797. The van der Waals surface area contributed by atoms with Gasteiger partial charge in [0.05, 0.1) is 18.1 Å². The molecule has 0 N–H and O–H groups in total. The Morgan fingerprint density at radius 1 is 1.44 bits per heavy atom. The molecule has 0 aliphatic carbocycles. The van der Waals surface area contributed by atoms with E-state index in [1.807, 2.05) is 30.7 Å². The van der Waals surface area contributed by atoms with E-state index in [2.05, 4.69) is 10.1 Å². The number of aromatic nitrogens is 3. The molecule has 92 valence electrons. The number of nitriles is 1. The van der Waals surface area contributed by atoms with Crippen molar-refractivity contribution >= 4 is 11.6 Å². The van der Waals surface area contributed by atoms with Crippen LogP contribution in [0.5, 0.6) is 0 Å². The molecular weight excluding hydrogens is 248 g/mol. The number of rotatable bonds is 3. The van der Waals surface area contributed by atoms with Crippen LogP contribution in [-0.4, -0.2) is 14.8 Å². The summed E-state index contributed by atoms with van der Waals surface area (Å²) < 4.78 is 1.91. The minimum absolute atomic E-state index is 0.423. The van der Waals surface area contributed by atoms with Gasteiger partial charge in [-0.2, -0.15) is 10.4 Å². The topological polar surface area (TPSA) is 54.5 Å². The second-order valence-corrected chi connectivity index (χ2v) is 4.37. The molecule has 0 radical (unpaired) electrons. The van der Waals surface area contributed by atoms with Crippen LogP contribution in [0.2, 0.25) is 0 Å². The Hall–Kier alpha value is -1.86. The first kappa shape index (κ1) is 12.6. The van der Waals surface area contributed by atoms with E-state index in [1.54, 1.807) is 12.3 Å². The van der Waals surface area contributed by atoms with Crippen molar-refractivity contribution in [1.29, 1.82) is 5.26 Å². The average molecular weight is 261 g/mol. The van der Waals surface area contributed by atoms with E-state index in [0.717, 1.165) is 22.5 Å². The molecule has 0 aliphatic heterocycles. The van der Waals surface area contributed by atoms with E-state index >= 15 is 0 Å². The van der Waals surface area contributed by atoms with Gasteiger partial charge < -0.3 is 0 Å². The molecule has 0 aromatic carbocycles. The highest BCUT2D eigenvalue weighted by Crippen LogP contribution is 2.16. The van der Waals surface area contributed by atoms with Crippen LogP contribution in [0, 0.1) is 25.2 Å². The van der Waals surface area contributed by atoms with E-state index in [9.17, 15) is 0 Å². The highest BCUT2D eigenvalue weighted by molar-refractivity contribution is 6.17. The summed E-state index contributed by atoms with van der Waals surface area (Å²) in [6.07, 6.45) is 1.64. The Bertz CT molecular complexity index is 610. The third kappa shape index (κ3) is 2.36. The van der Waals surface area contributed by atoms with Gasteiger partial charge in [0.1, 0.15) is 11.8 Å². The Morgan fingerprint density at radius 2 is 2.22 bits per heavy atom. The van der Waals surface area contributed by atoms with Crippen LogP contribution in [0.4, 0.5) is 0 Å². The first-order valence-electron chi connectivity index (χ1n) is 5.59. The van der Waals surface area contributed by atoms with Gasteiger partial charge in [-0.05, 0) is 31.5 Å². The molecule has 0 saturated heterocycles. The Kier molecular flexibility index (Phi) is 3.63. The van der Waals surface area contributed by atoms with Crippen molar-refractivity contribution in [2.45, 2.75) is 26.3 Å². The van der Waals surface area contributed by atoms with Crippen molar-refractivity contribution in [3.05, 3.63) is 46.5 Å². The fraction of sp³-hybridized carbons (Fsp3) is 0.308. The van der Waals surface area contributed by atoms with Crippen LogP contribution in [0.1, 0.15) is 28.2 Å². The highest BCUT2D eigenvalue weighted by Gasteiger charge is 2.10. The van der Waals surface area contributed by atoms with E-state index < -0.39 is 0 Å². The Balaban J connectivity index is 2.32. The van der Waals surface area contributed by atoms with Crippen molar-refractivity contribution in [3.8, 4) is 6.07 Å². The summed E-state index contributed by atoms with van der Waals surface area (Å²) in [5, 5.41) is 13.3. The lowest BCUT2D eigenvalue weighted by Gasteiger charge is -2.05. The normalized spacial score (nSPS) is 10.3. The first-order chi connectivity index (χ1) is 8.65. The second kappa shape index (κ2) is 5.19. The van der Waals surface area contributed by atoms with Gasteiger partial charge in [-0.15, -0.1) is 11.6 Å². The van der Waals surface area contributed by atoms with Gasteiger partial charge in [0.25, 0.3) is 0 Å². The van der Waals surface area contributed by atoms with Gasteiger partial charge in [-0.25, -0.2) is 4.98 Å². The van der Waals surface area contributed by atoms with Crippen LogP contribution in [-0.2, 0) is 12.4 Å². The molecule has 2 rings (SSSR count). The molecule has 18 heavy (non-hydrogen) atoms. The lowest BCUT2D eigenvalue weighted by Crippen LogP contribution is -2.04. The van der Waals surface area contributed by atoms with E-state index in [-0.39, 0.29) is 0 Å². The largest absolute Gasteiger partial charge is 0.265 e. The SMILES string of the molecule is Cc1nn(Cc2ccnc(C#N)c2)c(C)c1CCl. The summed E-state index contributed by atoms with van der Waals surface area (Å²) in [5.74, 6) is 0.470. The van der Waals surface area contributed by atoms with E-state index in [4.69, 9.17) is 16.9 Å². The van der Waals surface area contributed by atoms with Gasteiger partial charge in [0.15, 0.2) is 0 Å². The minimum atomic E-state index is 0.423. The molecule has 0 fully saturated rings. The Morgan fingerprint density at radius 3 is 2.83 bits per heavy atom. The number of pyridine rings is 1. The van der Waals surface area contributed by atoms with Gasteiger partial charge in [-0.1, -0.05) is 0 Å². The van der Waals surface area contributed by atoms with Crippen molar-refractivity contribution in [3.63, 3.8) is 0 Å². The van der Waals surface area contributed by atoms with Gasteiger partial charge in [0.2, 0.25) is 0 Å². The summed E-state index contributed by atoms with van der Waals surface area (Å²) >= 11 is 5.90. The zero-order valence-electron chi connectivity index (χ0n) is 10.3. The predicted octanol–water partition coefficient (Wildman–Crippen LogP) is 2.55. The average Bonchev–Trinajstić information content (AvgIpc) is 2.64. The predicted molar refractivity (Wildman–Crippen MR) is 69.3 cm³/mol. The summed E-state index contributed by atoms with van der Waals surface area (Å²) in [5.41, 5.74) is 4.53. The summed E-state index contributed by atoms with van der Waals surface area (Å²) in [4.78, 5) is 3.95. The molecule has 4 nitrogen and oxygen atoms in total. The number of alkyl halides is 1. The summed E-state index contributed by atoms with van der Waals surface area (Å²) in [6.45, 7) is 4.58. The molecule has 0 bridgehead atoms. The smallest absolute Gasteiger partial charge is 0.140 e. The van der Waals surface area contributed by atoms with Gasteiger partial charge in [-0.3, -0.25) is 4.68 Å². The van der Waals surface area contributed by atoms with Crippen molar-refractivity contribution in [2.24, 2.45) is 0 Å². The van der Waals surface area contributed by atoms with Gasteiger partial charge >= 0.3 is 0 Å². The maximum Gasteiger partial charge on any atom is 0.140 e. The molecular formula is C13H13ClN4. The molecule has 0 spiro atoms. The summed E-state index contributed by atoms with van der Waals surface area (Å²) in [7, 11) is 0. The number of halogens is 1. The molecule has 0 atom stereocenters. The standard InChI is InChI=1S/C13H13ClN4/c1-9-13(6-14)10(2)18(17-9)8-11-3-4-16-12(5-11)7-15/h3-5H,6,8H2,1-2H3. The fourth-order valence-electron chi connectivity index (χ4n) is 1.89.